The number of aromatic amines is 1. The summed E-state index contributed by atoms with van der Waals surface area (Å²) in [6.07, 6.45) is 5.55. The molecule has 3 heterocycles. The van der Waals surface area contributed by atoms with Crippen molar-refractivity contribution < 1.29 is 4.79 Å². The van der Waals surface area contributed by atoms with Crippen LogP contribution in [0.15, 0.2) is 23.4 Å². The zero-order chi connectivity index (χ0) is 16.4. The molecule has 0 aliphatic carbocycles. The first kappa shape index (κ1) is 15.3. The summed E-state index contributed by atoms with van der Waals surface area (Å²) < 4.78 is 1.61. The van der Waals surface area contributed by atoms with Crippen molar-refractivity contribution in [2.45, 2.75) is 12.5 Å². The van der Waals surface area contributed by atoms with Gasteiger partial charge in [0.1, 0.15) is 5.02 Å². The molecular weight excluding hydrogens is 322 g/mol. The Morgan fingerprint density at radius 3 is 3.04 bits per heavy atom. The number of anilines is 2. The SMILES string of the molecule is Cn1cc(NC(=O)NC2CCN(c3cn[nH]c(=O)c3Cl)C2)cn1. The number of halogens is 1. The van der Waals surface area contributed by atoms with E-state index in [1.807, 2.05) is 4.90 Å². The van der Waals surface area contributed by atoms with Gasteiger partial charge in [-0.1, -0.05) is 11.6 Å². The molecular formula is C13H16ClN7O2. The van der Waals surface area contributed by atoms with Crippen LogP contribution in [0.5, 0.6) is 0 Å². The molecule has 1 fully saturated rings. The summed E-state index contributed by atoms with van der Waals surface area (Å²) in [4.78, 5) is 25.4. The second-order valence-electron chi connectivity index (χ2n) is 5.33. The van der Waals surface area contributed by atoms with Crippen molar-refractivity contribution in [2.24, 2.45) is 7.05 Å². The normalized spacial score (nSPS) is 17.3. The average molecular weight is 338 g/mol. The molecule has 0 aromatic carbocycles. The number of H-pyrrole nitrogens is 1. The van der Waals surface area contributed by atoms with Gasteiger partial charge in [-0.2, -0.15) is 10.2 Å². The molecule has 3 rings (SSSR count). The monoisotopic (exact) mass is 337 g/mol. The summed E-state index contributed by atoms with van der Waals surface area (Å²) in [6, 6.07) is -0.331. The van der Waals surface area contributed by atoms with Gasteiger partial charge in [0.25, 0.3) is 5.56 Å². The quantitative estimate of drug-likeness (QED) is 0.758. The molecule has 1 aliphatic heterocycles. The maximum Gasteiger partial charge on any atom is 0.319 e. The van der Waals surface area contributed by atoms with Crippen LogP contribution in [-0.4, -0.2) is 45.1 Å². The second-order valence-corrected chi connectivity index (χ2v) is 5.71. The molecule has 0 saturated carbocycles. The molecule has 3 N–H and O–H groups in total. The standard InChI is InChI=1S/C13H16ClN7O2/c1-20-6-9(4-16-20)18-13(23)17-8-2-3-21(7-8)10-5-15-19-12(22)11(10)14/h4-6,8H,2-3,7H2,1H3,(H,19,22)(H2,17,18,23). The van der Waals surface area contributed by atoms with Gasteiger partial charge >= 0.3 is 6.03 Å². The molecule has 10 heteroatoms. The number of hydrogen-bond donors (Lipinski definition) is 3. The third-order valence-corrected chi connectivity index (χ3v) is 3.97. The Balaban J connectivity index is 1.58. The number of carbonyl (C=O) groups excluding carboxylic acids is 1. The van der Waals surface area contributed by atoms with E-state index in [2.05, 4.69) is 25.9 Å². The maximum absolute atomic E-state index is 12.0. The molecule has 9 nitrogen and oxygen atoms in total. The Bertz CT molecular complexity index is 772. The molecule has 1 unspecified atom stereocenters. The molecule has 2 aromatic heterocycles. The summed E-state index contributed by atoms with van der Waals surface area (Å²) in [5.41, 5.74) is 0.781. The van der Waals surface area contributed by atoms with Gasteiger partial charge in [-0.3, -0.25) is 9.48 Å². The largest absolute Gasteiger partial charge is 0.367 e. The van der Waals surface area contributed by atoms with Crippen LogP contribution in [0.1, 0.15) is 6.42 Å². The van der Waals surface area contributed by atoms with E-state index in [0.29, 0.717) is 24.5 Å². The predicted molar refractivity (Wildman–Crippen MR) is 85.8 cm³/mol. The molecule has 1 aliphatic rings. The Morgan fingerprint density at radius 2 is 2.30 bits per heavy atom. The van der Waals surface area contributed by atoms with E-state index < -0.39 is 5.56 Å². The van der Waals surface area contributed by atoms with Gasteiger partial charge in [-0.05, 0) is 6.42 Å². The third-order valence-electron chi connectivity index (χ3n) is 3.60. The molecule has 1 atom stereocenters. The first-order valence-corrected chi connectivity index (χ1v) is 7.45. The van der Waals surface area contributed by atoms with Crippen LogP contribution in [0.2, 0.25) is 5.02 Å². The minimum Gasteiger partial charge on any atom is -0.367 e. The number of aromatic nitrogens is 4. The molecule has 0 bridgehead atoms. The van der Waals surface area contributed by atoms with Crippen molar-refractivity contribution >= 4 is 29.0 Å². The Morgan fingerprint density at radius 1 is 1.48 bits per heavy atom. The lowest BCUT2D eigenvalue weighted by atomic mass is 10.3. The van der Waals surface area contributed by atoms with Gasteiger partial charge in [-0.15, -0.1) is 0 Å². The van der Waals surface area contributed by atoms with Crippen molar-refractivity contribution in [3.63, 3.8) is 0 Å². The predicted octanol–water partition coefficient (Wildman–Crippen LogP) is 0.557. The lowest BCUT2D eigenvalue weighted by molar-refractivity contribution is 0.249. The highest BCUT2D eigenvalue weighted by molar-refractivity contribution is 6.33. The summed E-state index contributed by atoms with van der Waals surface area (Å²) in [7, 11) is 1.78. The number of nitrogens with zero attached hydrogens (tertiary/aromatic N) is 4. The molecule has 0 spiro atoms. The van der Waals surface area contributed by atoms with Crippen LogP contribution in [0.3, 0.4) is 0 Å². The first-order valence-electron chi connectivity index (χ1n) is 7.07. The lowest BCUT2D eigenvalue weighted by Gasteiger charge is -2.19. The highest BCUT2D eigenvalue weighted by atomic mass is 35.5. The van der Waals surface area contributed by atoms with E-state index >= 15 is 0 Å². The number of amides is 2. The van der Waals surface area contributed by atoms with Crippen LogP contribution < -0.4 is 21.1 Å². The first-order chi connectivity index (χ1) is 11.0. The van der Waals surface area contributed by atoms with Crippen LogP contribution in [-0.2, 0) is 7.05 Å². The van der Waals surface area contributed by atoms with E-state index in [1.54, 1.807) is 24.1 Å². The summed E-state index contributed by atoms with van der Waals surface area (Å²) in [5.74, 6) is 0. The van der Waals surface area contributed by atoms with Gasteiger partial charge in [0.2, 0.25) is 0 Å². The van der Waals surface area contributed by atoms with Crippen molar-refractivity contribution in [2.75, 3.05) is 23.3 Å². The molecule has 2 amide bonds. The molecule has 23 heavy (non-hydrogen) atoms. The highest BCUT2D eigenvalue weighted by Gasteiger charge is 2.26. The minimum absolute atomic E-state index is 0.0398. The van der Waals surface area contributed by atoms with Crippen molar-refractivity contribution in [3.8, 4) is 0 Å². The van der Waals surface area contributed by atoms with Crippen LogP contribution in [0.4, 0.5) is 16.2 Å². The fourth-order valence-electron chi connectivity index (χ4n) is 2.53. The Kier molecular flexibility index (Phi) is 4.20. The molecule has 1 saturated heterocycles. The van der Waals surface area contributed by atoms with Gasteiger partial charge in [0.15, 0.2) is 0 Å². The third kappa shape index (κ3) is 3.45. The number of hydrogen-bond acceptors (Lipinski definition) is 5. The minimum atomic E-state index is -0.421. The Labute approximate surface area is 136 Å². The maximum atomic E-state index is 12.0. The fourth-order valence-corrected chi connectivity index (χ4v) is 2.74. The smallest absolute Gasteiger partial charge is 0.319 e. The Hall–Kier alpha value is -2.55. The van der Waals surface area contributed by atoms with Crippen molar-refractivity contribution in [1.29, 1.82) is 0 Å². The summed E-state index contributed by atoms with van der Waals surface area (Å²) in [5, 5.41) is 15.8. The topological polar surface area (TPSA) is 108 Å². The van der Waals surface area contributed by atoms with E-state index in [-0.39, 0.29) is 17.1 Å². The number of nitrogens with one attached hydrogen (secondary N) is 3. The number of urea groups is 1. The summed E-state index contributed by atoms with van der Waals surface area (Å²) in [6.45, 7) is 1.24. The lowest BCUT2D eigenvalue weighted by Crippen LogP contribution is -2.39. The number of aryl methyl sites for hydroxylation is 1. The highest BCUT2D eigenvalue weighted by Crippen LogP contribution is 2.24. The van der Waals surface area contributed by atoms with Crippen LogP contribution >= 0.6 is 11.6 Å². The van der Waals surface area contributed by atoms with E-state index in [9.17, 15) is 9.59 Å². The van der Waals surface area contributed by atoms with Crippen LogP contribution in [0, 0.1) is 0 Å². The van der Waals surface area contributed by atoms with Gasteiger partial charge in [-0.25, -0.2) is 9.89 Å². The van der Waals surface area contributed by atoms with Gasteiger partial charge in [0.05, 0.1) is 23.8 Å². The molecule has 122 valence electrons. The fraction of sp³-hybridized carbons (Fsp3) is 0.385. The van der Waals surface area contributed by atoms with E-state index in [0.717, 1.165) is 6.42 Å². The second kappa shape index (κ2) is 6.29. The molecule has 2 aromatic rings. The summed E-state index contributed by atoms with van der Waals surface area (Å²) >= 11 is 6.00. The number of carbonyl (C=O) groups is 1. The van der Waals surface area contributed by atoms with Crippen molar-refractivity contribution in [3.05, 3.63) is 34.0 Å². The zero-order valence-corrected chi connectivity index (χ0v) is 13.2. The van der Waals surface area contributed by atoms with Crippen molar-refractivity contribution in [1.82, 2.24) is 25.3 Å². The van der Waals surface area contributed by atoms with E-state index in [1.165, 1.54) is 6.20 Å². The average Bonchev–Trinajstić information content (AvgIpc) is 3.11. The van der Waals surface area contributed by atoms with Gasteiger partial charge in [0, 0.05) is 32.4 Å². The number of rotatable bonds is 3. The molecule has 0 radical (unpaired) electrons. The van der Waals surface area contributed by atoms with E-state index in [4.69, 9.17) is 11.6 Å². The zero-order valence-electron chi connectivity index (χ0n) is 12.4. The van der Waals surface area contributed by atoms with Gasteiger partial charge < -0.3 is 15.5 Å². The van der Waals surface area contributed by atoms with Crippen LogP contribution in [0.25, 0.3) is 0 Å².